The average Bonchev–Trinajstić information content (AvgIpc) is 2.72. The molecular formula is C21H24ClFN2O2S. The van der Waals surface area contributed by atoms with Gasteiger partial charge in [-0.25, -0.2) is 4.39 Å². The molecule has 1 unspecified atom stereocenters. The number of carbonyl (C=O) groups is 1. The Balaban J connectivity index is 1.53. The van der Waals surface area contributed by atoms with Gasteiger partial charge in [0, 0.05) is 41.7 Å². The molecule has 2 aromatic carbocycles. The molecule has 1 aliphatic rings. The molecule has 28 heavy (non-hydrogen) atoms. The number of ether oxygens (including phenoxy) is 1. The van der Waals surface area contributed by atoms with Gasteiger partial charge < -0.3 is 10.1 Å². The molecule has 2 aromatic rings. The van der Waals surface area contributed by atoms with E-state index < -0.39 is 0 Å². The van der Waals surface area contributed by atoms with Crippen LogP contribution in [0.4, 0.5) is 4.39 Å². The minimum atomic E-state index is -0.247. The first-order valence-electron chi connectivity index (χ1n) is 9.35. The van der Waals surface area contributed by atoms with Crippen molar-refractivity contribution in [2.24, 2.45) is 0 Å². The molecular weight excluding hydrogens is 399 g/mol. The molecule has 4 nitrogen and oxygen atoms in total. The Kier molecular flexibility index (Phi) is 8.15. The highest BCUT2D eigenvalue weighted by Crippen LogP contribution is 2.24. The molecule has 1 amide bonds. The van der Waals surface area contributed by atoms with Gasteiger partial charge in [0.05, 0.1) is 19.3 Å². The molecule has 150 valence electrons. The first kappa shape index (κ1) is 21.1. The van der Waals surface area contributed by atoms with Gasteiger partial charge in [-0.3, -0.25) is 9.69 Å². The summed E-state index contributed by atoms with van der Waals surface area (Å²) >= 11 is 7.37. The van der Waals surface area contributed by atoms with E-state index in [4.69, 9.17) is 16.3 Å². The van der Waals surface area contributed by atoms with Crippen LogP contribution in [0.3, 0.4) is 0 Å². The van der Waals surface area contributed by atoms with Crippen molar-refractivity contribution in [3.63, 3.8) is 0 Å². The van der Waals surface area contributed by atoms with Gasteiger partial charge in [-0.1, -0.05) is 35.9 Å². The molecule has 1 heterocycles. The second-order valence-electron chi connectivity index (χ2n) is 6.55. The fraction of sp³-hybridized carbons (Fsp3) is 0.381. The summed E-state index contributed by atoms with van der Waals surface area (Å²) < 4.78 is 19.1. The molecule has 0 radical (unpaired) electrons. The third-order valence-electron chi connectivity index (χ3n) is 4.66. The summed E-state index contributed by atoms with van der Waals surface area (Å²) in [6.45, 7) is 3.55. The number of nitrogens with zero attached hydrogens (tertiary/aromatic N) is 1. The molecule has 1 saturated heterocycles. The normalized spacial score (nSPS) is 15.9. The Morgan fingerprint density at radius 1 is 1.18 bits per heavy atom. The number of hydrogen-bond acceptors (Lipinski definition) is 4. The van der Waals surface area contributed by atoms with E-state index in [9.17, 15) is 9.18 Å². The number of morpholine rings is 1. The maximum Gasteiger partial charge on any atom is 0.220 e. The minimum absolute atomic E-state index is 0.0314. The SMILES string of the molecule is O=C(CCSc1ccccc1F)NCC(c1ccc(Cl)cc1)N1CCOCC1. The number of nitrogens with one attached hydrogen (secondary N) is 1. The Bertz CT molecular complexity index is 769. The maximum absolute atomic E-state index is 13.6. The summed E-state index contributed by atoms with van der Waals surface area (Å²) in [4.78, 5) is 15.2. The number of carbonyl (C=O) groups excluding carboxylic acids is 1. The van der Waals surface area contributed by atoms with E-state index in [1.54, 1.807) is 18.2 Å². The molecule has 7 heteroatoms. The summed E-state index contributed by atoms with van der Waals surface area (Å²) in [6.07, 6.45) is 0.343. The summed E-state index contributed by atoms with van der Waals surface area (Å²) in [7, 11) is 0. The highest BCUT2D eigenvalue weighted by Gasteiger charge is 2.23. The van der Waals surface area contributed by atoms with Crippen molar-refractivity contribution in [3.8, 4) is 0 Å². The molecule has 0 aliphatic carbocycles. The number of halogens is 2. The van der Waals surface area contributed by atoms with Crippen molar-refractivity contribution in [2.45, 2.75) is 17.4 Å². The lowest BCUT2D eigenvalue weighted by molar-refractivity contribution is -0.121. The number of benzene rings is 2. The van der Waals surface area contributed by atoms with E-state index in [1.807, 2.05) is 24.3 Å². The van der Waals surface area contributed by atoms with Gasteiger partial charge in [0.1, 0.15) is 5.82 Å². The maximum atomic E-state index is 13.6. The van der Waals surface area contributed by atoms with Crippen molar-refractivity contribution in [2.75, 3.05) is 38.6 Å². The fourth-order valence-corrected chi connectivity index (χ4v) is 4.16. The monoisotopic (exact) mass is 422 g/mol. The smallest absolute Gasteiger partial charge is 0.220 e. The average molecular weight is 423 g/mol. The summed E-state index contributed by atoms with van der Waals surface area (Å²) in [5.41, 5.74) is 1.12. The molecule has 0 aromatic heterocycles. The largest absolute Gasteiger partial charge is 0.379 e. The highest BCUT2D eigenvalue weighted by molar-refractivity contribution is 7.99. The van der Waals surface area contributed by atoms with Crippen LogP contribution < -0.4 is 5.32 Å². The highest BCUT2D eigenvalue weighted by atomic mass is 35.5. The zero-order valence-corrected chi connectivity index (χ0v) is 17.1. The third-order valence-corrected chi connectivity index (χ3v) is 5.96. The second kappa shape index (κ2) is 10.8. The molecule has 1 fully saturated rings. The summed E-state index contributed by atoms with van der Waals surface area (Å²) in [5.74, 6) is 0.259. The molecule has 0 bridgehead atoms. The van der Waals surface area contributed by atoms with Crippen molar-refractivity contribution < 1.29 is 13.9 Å². The van der Waals surface area contributed by atoms with Crippen molar-refractivity contribution in [1.82, 2.24) is 10.2 Å². The first-order valence-corrected chi connectivity index (χ1v) is 10.7. The topological polar surface area (TPSA) is 41.6 Å². The van der Waals surface area contributed by atoms with E-state index in [1.165, 1.54) is 17.8 Å². The molecule has 0 saturated carbocycles. The van der Waals surface area contributed by atoms with Crippen molar-refractivity contribution in [3.05, 3.63) is 64.9 Å². The fourth-order valence-electron chi connectivity index (χ4n) is 3.15. The molecule has 1 atom stereocenters. The molecule has 3 rings (SSSR count). The zero-order valence-electron chi connectivity index (χ0n) is 15.6. The quantitative estimate of drug-likeness (QED) is 0.649. The molecule has 1 aliphatic heterocycles. The van der Waals surface area contributed by atoms with Gasteiger partial charge in [-0.15, -0.1) is 11.8 Å². The number of amides is 1. The number of thioether (sulfide) groups is 1. The van der Waals surface area contributed by atoms with Gasteiger partial charge in [-0.2, -0.15) is 0 Å². The standard InChI is InChI=1S/C21H24ClFN2O2S/c22-17-7-5-16(6-8-17)19(25-10-12-27-13-11-25)15-24-21(26)9-14-28-20-4-2-1-3-18(20)23/h1-8,19H,9-15H2,(H,24,26). The van der Waals surface area contributed by atoms with E-state index in [-0.39, 0.29) is 17.8 Å². The lowest BCUT2D eigenvalue weighted by Crippen LogP contribution is -2.43. The summed E-state index contributed by atoms with van der Waals surface area (Å²) in [6, 6.07) is 14.4. The Morgan fingerprint density at radius 2 is 1.89 bits per heavy atom. The van der Waals surface area contributed by atoms with Crippen LogP contribution in [0.5, 0.6) is 0 Å². The zero-order chi connectivity index (χ0) is 19.8. The Morgan fingerprint density at radius 3 is 2.61 bits per heavy atom. The van der Waals surface area contributed by atoms with Crippen molar-refractivity contribution >= 4 is 29.3 Å². The third kappa shape index (κ3) is 6.21. The van der Waals surface area contributed by atoms with E-state index in [2.05, 4.69) is 10.2 Å². The van der Waals surface area contributed by atoms with Gasteiger partial charge in [0.25, 0.3) is 0 Å². The van der Waals surface area contributed by atoms with Crippen LogP contribution in [-0.4, -0.2) is 49.4 Å². The number of rotatable bonds is 8. The van der Waals surface area contributed by atoms with Crippen LogP contribution in [0.25, 0.3) is 0 Å². The van der Waals surface area contributed by atoms with Crippen LogP contribution in [0.1, 0.15) is 18.0 Å². The Hall–Kier alpha value is -1.60. The summed E-state index contributed by atoms with van der Waals surface area (Å²) in [5, 5.41) is 3.73. The predicted octanol–water partition coefficient (Wildman–Crippen LogP) is 4.15. The van der Waals surface area contributed by atoms with Crippen LogP contribution in [0, 0.1) is 5.82 Å². The second-order valence-corrected chi connectivity index (χ2v) is 8.12. The van der Waals surface area contributed by atoms with Gasteiger partial charge in [-0.05, 0) is 29.8 Å². The lowest BCUT2D eigenvalue weighted by atomic mass is 10.0. The first-order chi connectivity index (χ1) is 13.6. The van der Waals surface area contributed by atoms with Crippen LogP contribution in [0.2, 0.25) is 5.02 Å². The van der Waals surface area contributed by atoms with Crippen LogP contribution >= 0.6 is 23.4 Å². The molecule has 0 spiro atoms. The lowest BCUT2D eigenvalue weighted by Gasteiger charge is -2.35. The van der Waals surface area contributed by atoms with Crippen molar-refractivity contribution in [1.29, 1.82) is 0 Å². The Labute approximate surface area is 174 Å². The minimum Gasteiger partial charge on any atom is -0.379 e. The van der Waals surface area contributed by atoms with E-state index in [0.717, 1.165) is 18.7 Å². The van der Waals surface area contributed by atoms with Crippen LogP contribution in [0.15, 0.2) is 53.4 Å². The number of hydrogen-bond donors (Lipinski definition) is 1. The van der Waals surface area contributed by atoms with Gasteiger partial charge in [0.15, 0.2) is 0 Å². The van der Waals surface area contributed by atoms with Gasteiger partial charge in [0.2, 0.25) is 5.91 Å². The predicted molar refractivity (Wildman–Crippen MR) is 111 cm³/mol. The van der Waals surface area contributed by atoms with Crippen LogP contribution in [-0.2, 0) is 9.53 Å². The van der Waals surface area contributed by atoms with Gasteiger partial charge >= 0.3 is 0 Å². The van der Waals surface area contributed by atoms with E-state index in [0.29, 0.717) is 41.9 Å². The van der Waals surface area contributed by atoms with E-state index >= 15 is 0 Å². The molecule has 1 N–H and O–H groups in total.